The van der Waals surface area contributed by atoms with E-state index in [2.05, 4.69) is 141 Å². The van der Waals surface area contributed by atoms with E-state index in [1.54, 1.807) is 0 Å². The highest BCUT2D eigenvalue weighted by Gasteiger charge is 2.43. The molecule has 0 radical (unpaired) electrons. The third kappa shape index (κ3) is 3.42. The number of rotatable bonds is 2. The molecular formula is C35H31BN2. The average molecular weight is 490 g/mol. The fourth-order valence-electron chi connectivity index (χ4n) is 6.33. The molecule has 0 saturated heterocycles. The van der Waals surface area contributed by atoms with Gasteiger partial charge in [-0.1, -0.05) is 70.8 Å². The Morgan fingerprint density at radius 1 is 0.395 bits per heavy atom. The van der Waals surface area contributed by atoms with Crippen LogP contribution in [-0.2, 0) is 0 Å². The number of nitrogens with zero attached hydrogens (tertiary/aromatic N) is 2. The van der Waals surface area contributed by atoms with Gasteiger partial charge in [-0.25, -0.2) is 0 Å². The average Bonchev–Trinajstić information content (AvgIpc) is 2.90. The fraction of sp³-hybridized carbons (Fsp3) is 0.143. The van der Waals surface area contributed by atoms with Gasteiger partial charge in [0.1, 0.15) is 0 Å². The van der Waals surface area contributed by atoms with E-state index in [4.69, 9.17) is 0 Å². The second kappa shape index (κ2) is 8.39. The summed E-state index contributed by atoms with van der Waals surface area (Å²) in [4.78, 5) is 4.95. The molecule has 184 valence electrons. The zero-order valence-corrected chi connectivity index (χ0v) is 22.7. The first kappa shape index (κ1) is 22.9. The maximum absolute atomic E-state index is 2.48. The highest BCUT2D eigenvalue weighted by Crippen LogP contribution is 2.44. The standard InChI is InChI=1S/C35H31BN2/c1-22-6-12-27(13-7-22)37-31-16-10-24(3)18-29(31)36-30-19-25(4)11-17-32(30)38(28-14-8-23(2)9-15-28)34-21-26(5)20-33(37)35(34)36/h6-21H,1-5H3. The zero-order chi connectivity index (χ0) is 26.1. The smallest absolute Gasteiger partial charge is 0.252 e. The van der Waals surface area contributed by atoms with Crippen LogP contribution in [0.25, 0.3) is 0 Å². The molecule has 0 bridgehead atoms. The van der Waals surface area contributed by atoms with E-state index in [1.165, 1.54) is 78.3 Å². The molecule has 0 amide bonds. The van der Waals surface area contributed by atoms with Gasteiger partial charge >= 0.3 is 0 Å². The molecule has 2 nitrogen and oxygen atoms in total. The quantitative estimate of drug-likeness (QED) is 0.235. The topological polar surface area (TPSA) is 6.48 Å². The molecule has 0 spiro atoms. The summed E-state index contributed by atoms with van der Waals surface area (Å²) in [7, 11) is 0. The van der Waals surface area contributed by atoms with Crippen LogP contribution in [0, 0.1) is 34.6 Å². The number of hydrogen-bond acceptors (Lipinski definition) is 2. The molecule has 5 aromatic rings. The van der Waals surface area contributed by atoms with Crippen molar-refractivity contribution in [2.24, 2.45) is 0 Å². The predicted octanol–water partition coefficient (Wildman–Crippen LogP) is 7.31. The van der Waals surface area contributed by atoms with Gasteiger partial charge < -0.3 is 9.80 Å². The van der Waals surface area contributed by atoms with Gasteiger partial charge in [-0.3, -0.25) is 0 Å². The van der Waals surface area contributed by atoms with E-state index >= 15 is 0 Å². The molecule has 2 heterocycles. The van der Waals surface area contributed by atoms with Gasteiger partial charge in [-0.2, -0.15) is 0 Å². The van der Waals surface area contributed by atoms with Crippen molar-refractivity contribution in [1.82, 2.24) is 0 Å². The van der Waals surface area contributed by atoms with Crippen LogP contribution < -0.4 is 26.2 Å². The normalized spacial score (nSPS) is 13.2. The molecule has 38 heavy (non-hydrogen) atoms. The van der Waals surface area contributed by atoms with Crippen molar-refractivity contribution >= 4 is 57.2 Å². The number of anilines is 6. The summed E-state index contributed by atoms with van der Waals surface area (Å²) in [6.07, 6.45) is 0. The molecule has 5 aromatic carbocycles. The summed E-state index contributed by atoms with van der Waals surface area (Å²) >= 11 is 0. The second-order valence-electron chi connectivity index (χ2n) is 11.1. The maximum atomic E-state index is 2.48. The fourth-order valence-corrected chi connectivity index (χ4v) is 6.33. The van der Waals surface area contributed by atoms with Gasteiger partial charge in [0.05, 0.1) is 0 Å². The Morgan fingerprint density at radius 3 is 1.21 bits per heavy atom. The van der Waals surface area contributed by atoms with Crippen molar-refractivity contribution in [3.8, 4) is 0 Å². The SMILES string of the molecule is Cc1ccc(N2c3ccc(C)cc3B3c4cc(C)ccc4N(c4ccc(C)cc4)c4cc(C)cc2c43)cc1. The summed E-state index contributed by atoms with van der Waals surface area (Å²) in [5.41, 5.74) is 18.0. The van der Waals surface area contributed by atoms with Crippen LogP contribution in [0.5, 0.6) is 0 Å². The van der Waals surface area contributed by atoms with E-state index in [1.807, 2.05) is 0 Å². The van der Waals surface area contributed by atoms with Crippen LogP contribution >= 0.6 is 0 Å². The van der Waals surface area contributed by atoms with Crippen molar-refractivity contribution < 1.29 is 0 Å². The Balaban J connectivity index is 1.60. The first-order valence-corrected chi connectivity index (χ1v) is 13.5. The summed E-state index contributed by atoms with van der Waals surface area (Å²) < 4.78 is 0. The Morgan fingerprint density at radius 2 is 0.789 bits per heavy atom. The summed E-state index contributed by atoms with van der Waals surface area (Å²) in [5, 5.41) is 0. The van der Waals surface area contributed by atoms with Crippen molar-refractivity contribution in [2.75, 3.05) is 9.80 Å². The van der Waals surface area contributed by atoms with Crippen molar-refractivity contribution in [2.45, 2.75) is 34.6 Å². The lowest BCUT2D eigenvalue weighted by molar-refractivity contribution is 1.23. The number of hydrogen-bond donors (Lipinski definition) is 0. The number of fused-ring (bicyclic) bond motifs is 4. The van der Waals surface area contributed by atoms with Gasteiger partial charge in [0.2, 0.25) is 0 Å². The monoisotopic (exact) mass is 490 g/mol. The van der Waals surface area contributed by atoms with Gasteiger partial charge in [0, 0.05) is 34.1 Å². The molecule has 2 aliphatic rings. The summed E-state index contributed by atoms with van der Waals surface area (Å²) in [5.74, 6) is 0. The van der Waals surface area contributed by atoms with Crippen molar-refractivity contribution in [3.63, 3.8) is 0 Å². The van der Waals surface area contributed by atoms with Crippen LogP contribution in [0.15, 0.2) is 97.1 Å². The molecule has 0 saturated carbocycles. The Labute approximate surface area is 226 Å². The van der Waals surface area contributed by atoms with Gasteiger partial charge in [0.15, 0.2) is 0 Å². The molecule has 3 heteroatoms. The van der Waals surface area contributed by atoms with Crippen LogP contribution in [-0.4, -0.2) is 6.71 Å². The minimum Gasteiger partial charge on any atom is -0.311 e. The van der Waals surface area contributed by atoms with E-state index in [9.17, 15) is 0 Å². The number of aryl methyl sites for hydroxylation is 5. The molecule has 0 unspecified atom stereocenters. The lowest BCUT2D eigenvalue weighted by Crippen LogP contribution is -2.61. The third-order valence-electron chi connectivity index (χ3n) is 8.11. The van der Waals surface area contributed by atoms with Gasteiger partial charge in [0.25, 0.3) is 6.71 Å². The van der Waals surface area contributed by atoms with E-state index < -0.39 is 0 Å². The Bertz CT molecular complexity index is 1590. The lowest BCUT2D eigenvalue weighted by atomic mass is 9.33. The zero-order valence-electron chi connectivity index (χ0n) is 22.7. The van der Waals surface area contributed by atoms with E-state index in [0.29, 0.717) is 0 Å². The number of benzene rings is 5. The summed E-state index contributed by atoms with van der Waals surface area (Å²) in [6, 6.07) is 36.6. The molecule has 0 N–H and O–H groups in total. The highest BCUT2D eigenvalue weighted by molar-refractivity contribution is 7.00. The largest absolute Gasteiger partial charge is 0.311 e. The first-order valence-electron chi connectivity index (χ1n) is 13.5. The molecule has 0 fully saturated rings. The molecular weight excluding hydrogens is 459 g/mol. The minimum absolute atomic E-state index is 0.175. The van der Waals surface area contributed by atoms with Crippen LogP contribution in [0.2, 0.25) is 0 Å². The predicted molar refractivity (Wildman–Crippen MR) is 164 cm³/mol. The third-order valence-corrected chi connectivity index (χ3v) is 8.11. The van der Waals surface area contributed by atoms with Gasteiger partial charge in [-0.15, -0.1) is 0 Å². The first-order chi connectivity index (χ1) is 18.4. The molecule has 7 rings (SSSR count). The molecule has 0 aromatic heterocycles. The van der Waals surface area contributed by atoms with Crippen molar-refractivity contribution in [3.05, 3.63) is 125 Å². The maximum Gasteiger partial charge on any atom is 0.252 e. The summed E-state index contributed by atoms with van der Waals surface area (Å²) in [6.45, 7) is 11.1. The van der Waals surface area contributed by atoms with Crippen LogP contribution in [0.3, 0.4) is 0 Å². The second-order valence-corrected chi connectivity index (χ2v) is 11.1. The lowest BCUT2D eigenvalue weighted by Gasteiger charge is -2.44. The Kier molecular flexibility index (Phi) is 5.06. The van der Waals surface area contributed by atoms with Crippen LogP contribution in [0.1, 0.15) is 27.8 Å². The van der Waals surface area contributed by atoms with Crippen LogP contribution in [0.4, 0.5) is 34.1 Å². The molecule has 0 atom stereocenters. The minimum atomic E-state index is 0.175. The molecule has 0 aliphatic carbocycles. The highest BCUT2D eigenvalue weighted by atomic mass is 15.2. The van der Waals surface area contributed by atoms with Gasteiger partial charge in [-0.05, 0) is 105 Å². The Hall–Kier alpha value is -4.24. The van der Waals surface area contributed by atoms with Crippen molar-refractivity contribution in [1.29, 1.82) is 0 Å². The molecule has 2 aliphatic heterocycles. The van der Waals surface area contributed by atoms with E-state index in [-0.39, 0.29) is 6.71 Å². The van der Waals surface area contributed by atoms with E-state index in [0.717, 1.165) is 0 Å².